The first-order valence-electron chi connectivity index (χ1n) is 7.65. The van der Waals surface area contributed by atoms with Crippen LogP contribution in [0.3, 0.4) is 0 Å². The molecule has 5 nitrogen and oxygen atoms in total. The van der Waals surface area contributed by atoms with Gasteiger partial charge in [-0.3, -0.25) is 4.98 Å². The maximum atomic E-state index is 13.3. The van der Waals surface area contributed by atoms with Crippen molar-refractivity contribution in [2.45, 2.75) is 6.42 Å². The van der Waals surface area contributed by atoms with Crippen molar-refractivity contribution < 1.29 is 4.39 Å². The molecule has 0 atom stereocenters. The number of aromatic nitrogens is 3. The minimum Gasteiger partial charge on any atom is -0.359 e. The molecule has 0 amide bonds. The van der Waals surface area contributed by atoms with Crippen LogP contribution in [0.1, 0.15) is 5.56 Å². The molecular formula is C18H18FN5. The molecule has 0 aliphatic rings. The second-order valence-corrected chi connectivity index (χ2v) is 5.42. The number of nitrogens with zero attached hydrogens (tertiary/aromatic N) is 4. The van der Waals surface area contributed by atoms with Gasteiger partial charge in [-0.1, -0.05) is 6.07 Å². The summed E-state index contributed by atoms with van der Waals surface area (Å²) in [5.41, 5.74) is 1.88. The number of halogens is 1. The van der Waals surface area contributed by atoms with E-state index in [-0.39, 0.29) is 5.82 Å². The number of hydrogen-bond acceptors (Lipinski definition) is 5. The van der Waals surface area contributed by atoms with Gasteiger partial charge >= 0.3 is 0 Å². The Bertz CT molecular complexity index is 794. The highest BCUT2D eigenvalue weighted by atomic mass is 19.1. The lowest BCUT2D eigenvalue weighted by molar-refractivity contribution is 0.628. The maximum absolute atomic E-state index is 13.3. The van der Waals surface area contributed by atoms with Gasteiger partial charge in [-0.15, -0.1) is 0 Å². The molecule has 0 bridgehead atoms. The number of benzene rings is 1. The molecule has 2 aromatic heterocycles. The first-order valence-corrected chi connectivity index (χ1v) is 7.65. The van der Waals surface area contributed by atoms with Crippen LogP contribution in [-0.2, 0) is 6.42 Å². The third-order valence-electron chi connectivity index (χ3n) is 3.63. The Hall–Kier alpha value is -3.02. The summed E-state index contributed by atoms with van der Waals surface area (Å²) < 4.78 is 13.3. The molecule has 24 heavy (non-hydrogen) atoms. The van der Waals surface area contributed by atoms with E-state index in [0.29, 0.717) is 11.5 Å². The van der Waals surface area contributed by atoms with Crippen LogP contribution in [0.25, 0.3) is 0 Å². The molecule has 0 spiro atoms. The largest absolute Gasteiger partial charge is 0.359 e. The topological polar surface area (TPSA) is 53.9 Å². The van der Waals surface area contributed by atoms with E-state index in [4.69, 9.17) is 0 Å². The average Bonchev–Trinajstić information content (AvgIpc) is 2.61. The Kier molecular flexibility index (Phi) is 4.96. The van der Waals surface area contributed by atoms with Crippen molar-refractivity contribution in [1.29, 1.82) is 0 Å². The fraction of sp³-hybridized carbons (Fsp3) is 0.167. The Morgan fingerprint density at radius 3 is 2.71 bits per heavy atom. The summed E-state index contributed by atoms with van der Waals surface area (Å²) >= 11 is 0. The van der Waals surface area contributed by atoms with Crippen LogP contribution in [0.15, 0.2) is 61.2 Å². The number of hydrogen-bond donors (Lipinski definition) is 1. The molecule has 122 valence electrons. The van der Waals surface area contributed by atoms with E-state index < -0.39 is 0 Å². The van der Waals surface area contributed by atoms with Gasteiger partial charge in [-0.2, -0.15) is 0 Å². The van der Waals surface area contributed by atoms with E-state index in [1.807, 2.05) is 25.2 Å². The van der Waals surface area contributed by atoms with Gasteiger partial charge in [0.1, 0.15) is 23.8 Å². The second-order valence-electron chi connectivity index (χ2n) is 5.42. The number of pyridine rings is 1. The van der Waals surface area contributed by atoms with E-state index >= 15 is 0 Å². The molecule has 0 radical (unpaired) electrons. The summed E-state index contributed by atoms with van der Waals surface area (Å²) in [7, 11) is 1.98. The summed E-state index contributed by atoms with van der Waals surface area (Å²) in [5, 5.41) is 3.09. The van der Waals surface area contributed by atoms with Gasteiger partial charge in [-0.05, 0) is 42.3 Å². The normalized spacial score (nSPS) is 10.4. The maximum Gasteiger partial charge on any atom is 0.135 e. The summed E-state index contributed by atoms with van der Waals surface area (Å²) in [6.45, 7) is 0.820. The first kappa shape index (κ1) is 15.9. The van der Waals surface area contributed by atoms with Gasteiger partial charge in [0, 0.05) is 37.7 Å². The van der Waals surface area contributed by atoms with Crippen LogP contribution < -0.4 is 10.2 Å². The number of nitrogens with one attached hydrogen (secondary N) is 1. The standard InChI is InChI=1S/C18H18FN5/c1-24(10-7-14-5-8-20-9-6-14)18-12-17(21-13-22-18)23-16-4-2-3-15(19)11-16/h2-6,8-9,11-13H,7,10H2,1H3,(H,21,22,23). The predicted octanol–water partition coefficient (Wildman–Crippen LogP) is 3.43. The van der Waals surface area contributed by atoms with E-state index in [1.54, 1.807) is 24.5 Å². The zero-order valence-electron chi connectivity index (χ0n) is 13.4. The summed E-state index contributed by atoms with van der Waals surface area (Å²) in [4.78, 5) is 14.6. The number of likely N-dealkylation sites (N-methyl/N-ethyl adjacent to an activating group) is 1. The molecular weight excluding hydrogens is 305 g/mol. The van der Waals surface area contributed by atoms with E-state index in [9.17, 15) is 4.39 Å². The highest BCUT2D eigenvalue weighted by molar-refractivity contribution is 5.59. The fourth-order valence-corrected chi connectivity index (χ4v) is 2.30. The van der Waals surface area contributed by atoms with E-state index in [1.165, 1.54) is 24.0 Å². The summed E-state index contributed by atoms with van der Waals surface area (Å²) in [5.74, 6) is 1.14. The molecule has 0 saturated heterocycles. The molecule has 2 heterocycles. The van der Waals surface area contributed by atoms with E-state index in [0.717, 1.165) is 18.8 Å². The average molecular weight is 323 g/mol. The Labute approximate surface area is 140 Å². The third-order valence-corrected chi connectivity index (χ3v) is 3.63. The lowest BCUT2D eigenvalue weighted by atomic mass is 10.2. The lowest BCUT2D eigenvalue weighted by Gasteiger charge is -2.18. The third kappa shape index (κ3) is 4.25. The van der Waals surface area contributed by atoms with Crippen molar-refractivity contribution in [1.82, 2.24) is 15.0 Å². The van der Waals surface area contributed by atoms with Gasteiger partial charge in [0.05, 0.1) is 0 Å². The van der Waals surface area contributed by atoms with Crippen LogP contribution >= 0.6 is 0 Å². The van der Waals surface area contributed by atoms with Crippen LogP contribution in [0.5, 0.6) is 0 Å². The lowest BCUT2D eigenvalue weighted by Crippen LogP contribution is -2.21. The van der Waals surface area contributed by atoms with Crippen molar-refractivity contribution in [3.05, 3.63) is 72.6 Å². The molecule has 3 rings (SSSR count). The minimum absolute atomic E-state index is 0.288. The highest BCUT2D eigenvalue weighted by Gasteiger charge is 2.06. The van der Waals surface area contributed by atoms with Gasteiger partial charge < -0.3 is 10.2 Å². The highest BCUT2D eigenvalue weighted by Crippen LogP contribution is 2.18. The summed E-state index contributed by atoms with van der Waals surface area (Å²) in [6, 6.07) is 12.1. The molecule has 0 fully saturated rings. The molecule has 0 saturated carbocycles. The molecule has 0 unspecified atom stereocenters. The Morgan fingerprint density at radius 1 is 1.08 bits per heavy atom. The Morgan fingerprint density at radius 2 is 1.92 bits per heavy atom. The van der Waals surface area contributed by atoms with Crippen LogP contribution in [0, 0.1) is 5.82 Å². The number of anilines is 3. The van der Waals surface area contributed by atoms with E-state index in [2.05, 4.69) is 25.2 Å². The monoisotopic (exact) mass is 323 g/mol. The predicted molar refractivity (Wildman–Crippen MR) is 92.9 cm³/mol. The smallest absolute Gasteiger partial charge is 0.135 e. The quantitative estimate of drug-likeness (QED) is 0.753. The van der Waals surface area contributed by atoms with Crippen molar-refractivity contribution >= 4 is 17.3 Å². The summed E-state index contributed by atoms with van der Waals surface area (Å²) in [6.07, 6.45) is 5.98. The molecule has 6 heteroatoms. The fourth-order valence-electron chi connectivity index (χ4n) is 2.30. The van der Waals surface area contributed by atoms with Gasteiger partial charge in [0.15, 0.2) is 0 Å². The van der Waals surface area contributed by atoms with Gasteiger partial charge in [-0.25, -0.2) is 14.4 Å². The first-order chi connectivity index (χ1) is 11.7. The molecule has 0 aliphatic carbocycles. The minimum atomic E-state index is -0.288. The van der Waals surface area contributed by atoms with Crippen LogP contribution in [0.2, 0.25) is 0 Å². The zero-order chi connectivity index (χ0) is 16.8. The molecule has 1 N–H and O–H groups in total. The van der Waals surface area contributed by atoms with Crippen molar-refractivity contribution in [2.24, 2.45) is 0 Å². The second kappa shape index (κ2) is 7.50. The Balaban J connectivity index is 1.66. The van der Waals surface area contributed by atoms with Crippen molar-refractivity contribution in [3.8, 4) is 0 Å². The van der Waals surface area contributed by atoms with Crippen molar-refractivity contribution in [3.63, 3.8) is 0 Å². The van der Waals surface area contributed by atoms with Crippen LogP contribution in [0.4, 0.5) is 21.7 Å². The SMILES string of the molecule is CN(CCc1ccncc1)c1cc(Nc2cccc(F)c2)ncn1. The van der Waals surface area contributed by atoms with Gasteiger partial charge in [0.2, 0.25) is 0 Å². The van der Waals surface area contributed by atoms with Gasteiger partial charge in [0.25, 0.3) is 0 Å². The van der Waals surface area contributed by atoms with Crippen molar-refractivity contribution in [2.75, 3.05) is 23.8 Å². The zero-order valence-corrected chi connectivity index (χ0v) is 13.4. The molecule has 1 aromatic carbocycles. The number of rotatable bonds is 6. The van der Waals surface area contributed by atoms with Crippen LogP contribution in [-0.4, -0.2) is 28.5 Å². The molecule has 0 aliphatic heterocycles. The molecule has 3 aromatic rings.